The van der Waals surface area contributed by atoms with Gasteiger partial charge in [-0.25, -0.2) is 0 Å². The molecule has 0 bridgehead atoms. The molecule has 0 unspecified atom stereocenters. The number of aromatic nitrogens is 3. The van der Waals surface area contributed by atoms with Crippen molar-refractivity contribution in [3.63, 3.8) is 0 Å². The molecule has 3 aromatic heterocycles. The summed E-state index contributed by atoms with van der Waals surface area (Å²) in [5, 5.41) is 4.22. The first-order chi connectivity index (χ1) is 13.1. The van der Waals surface area contributed by atoms with Crippen molar-refractivity contribution in [1.82, 2.24) is 24.8 Å². The summed E-state index contributed by atoms with van der Waals surface area (Å²) in [7, 11) is 0. The lowest BCUT2D eigenvalue weighted by Gasteiger charge is -2.27. The van der Waals surface area contributed by atoms with E-state index in [-0.39, 0.29) is 12.1 Å². The van der Waals surface area contributed by atoms with E-state index in [1.54, 1.807) is 0 Å². The van der Waals surface area contributed by atoms with Crippen molar-refractivity contribution in [3.05, 3.63) is 84.2 Å². The van der Waals surface area contributed by atoms with Gasteiger partial charge in [0, 0.05) is 30.8 Å². The largest absolute Gasteiger partial charge is 0.352 e. The minimum absolute atomic E-state index is 0.00502. The van der Waals surface area contributed by atoms with Crippen molar-refractivity contribution >= 4 is 17.3 Å². The fourth-order valence-corrected chi connectivity index (χ4v) is 3.84. The second-order valence-corrected chi connectivity index (χ2v) is 7.45. The van der Waals surface area contributed by atoms with Crippen molar-refractivity contribution in [1.29, 1.82) is 0 Å². The zero-order valence-corrected chi connectivity index (χ0v) is 16.3. The first kappa shape index (κ1) is 17.7. The minimum atomic E-state index is 0.00502. The first-order valence-electron chi connectivity index (χ1n) is 9.19. The molecule has 4 heterocycles. The average molecular weight is 378 g/mol. The van der Waals surface area contributed by atoms with Crippen molar-refractivity contribution in [3.8, 4) is 0 Å². The molecule has 0 saturated carbocycles. The molecular weight excluding hydrogens is 354 g/mol. The Morgan fingerprint density at radius 3 is 2.48 bits per heavy atom. The van der Waals surface area contributed by atoms with E-state index in [4.69, 9.17) is 12.2 Å². The van der Waals surface area contributed by atoms with Crippen LogP contribution in [-0.4, -0.2) is 24.5 Å². The number of nitrogens with zero attached hydrogens (tertiary/aromatic N) is 4. The van der Waals surface area contributed by atoms with Crippen LogP contribution in [0.5, 0.6) is 0 Å². The molecular formula is C21H23N5S. The monoisotopic (exact) mass is 377 g/mol. The summed E-state index contributed by atoms with van der Waals surface area (Å²) in [6.45, 7) is 5.03. The Labute approximate surface area is 165 Å². The third-order valence-corrected chi connectivity index (χ3v) is 5.28. The maximum absolute atomic E-state index is 5.70. The van der Waals surface area contributed by atoms with E-state index in [9.17, 15) is 0 Å². The van der Waals surface area contributed by atoms with Gasteiger partial charge in [0.2, 0.25) is 0 Å². The molecule has 5 nitrogen and oxygen atoms in total. The van der Waals surface area contributed by atoms with E-state index in [0.717, 1.165) is 16.5 Å². The highest BCUT2D eigenvalue weighted by atomic mass is 32.1. The third kappa shape index (κ3) is 3.57. The minimum Gasteiger partial charge on any atom is -0.352 e. The van der Waals surface area contributed by atoms with Gasteiger partial charge in [0.1, 0.15) is 0 Å². The van der Waals surface area contributed by atoms with E-state index < -0.39 is 0 Å². The van der Waals surface area contributed by atoms with Gasteiger partial charge in [0.25, 0.3) is 0 Å². The van der Waals surface area contributed by atoms with Crippen LogP contribution in [0.25, 0.3) is 0 Å². The summed E-state index contributed by atoms with van der Waals surface area (Å²) in [6, 6.07) is 14.6. The number of rotatable bonds is 5. The predicted molar refractivity (Wildman–Crippen MR) is 110 cm³/mol. The van der Waals surface area contributed by atoms with Gasteiger partial charge in [-0.1, -0.05) is 12.1 Å². The highest BCUT2D eigenvalue weighted by molar-refractivity contribution is 7.80. The number of thiocarbonyl (C=S) groups is 1. The predicted octanol–water partition coefficient (Wildman–Crippen LogP) is 4.03. The highest BCUT2D eigenvalue weighted by Gasteiger charge is 2.40. The quantitative estimate of drug-likeness (QED) is 0.680. The van der Waals surface area contributed by atoms with Gasteiger partial charge in [0.05, 0.1) is 30.0 Å². The van der Waals surface area contributed by atoms with Gasteiger partial charge in [-0.15, -0.1) is 0 Å². The van der Waals surface area contributed by atoms with Crippen LogP contribution in [0.3, 0.4) is 0 Å². The third-order valence-electron chi connectivity index (χ3n) is 4.93. The summed E-state index contributed by atoms with van der Waals surface area (Å²) in [5.74, 6) is 0. The Balaban J connectivity index is 1.73. The second-order valence-electron chi connectivity index (χ2n) is 7.06. The smallest absolute Gasteiger partial charge is 0.170 e. The zero-order valence-electron chi connectivity index (χ0n) is 15.5. The Morgan fingerprint density at radius 1 is 1.07 bits per heavy atom. The molecule has 1 saturated heterocycles. The molecule has 0 radical (unpaired) electrons. The molecule has 4 rings (SSSR count). The molecule has 1 N–H and O–H groups in total. The van der Waals surface area contributed by atoms with Crippen LogP contribution in [0.15, 0.2) is 67.3 Å². The van der Waals surface area contributed by atoms with Crippen molar-refractivity contribution < 1.29 is 0 Å². The fraction of sp³-hybridized carbons (Fsp3) is 0.286. The Morgan fingerprint density at radius 2 is 1.85 bits per heavy atom. The van der Waals surface area contributed by atoms with Crippen molar-refractivity contribution in [2.45, 2.75) is 38.5 Å². The van der Waals surface area contributed by atoms with E-state index in [2.05, 4.69) is 63.1 Å². The van der Waals surface area contributed by atoms with Crippen LogP contribution in [0.1, 0.15) is 48.9 Å². The van der Waals surface area contributed by atoms with Crippen LogP contribution < -0.4 is 5.32 Å². The zero-order chi connectivity index (χ0) is 18.8. The van der Waals surface area contributed by atoms with Gasteiger partial charge in [-0.05, 0) is 62.0 Å². The molecule has 138 valence electrons. The van der Waals surface area contributed by atoms with Gasteiger partial charge in [-0.3, -0.25) is 9.97 Å². The lowest BCUT2D eigenvalue weighted by atomic mass is 9.99. The first-order valence-corrected chi connectivity index (χ1v) is 9.59. The molecule has 1 fully saturated rings. The summed E-state index contributed by atoms with van der Waals surface area (Å²) in [4.78, 5) is 11.3. The normalized spacial score (nSPS) is 19.5. The molecule has 3 aromatic rings. The van der Waals surface area contributed by atoms with Crippen molar-refractivity contribution in [2.24, 2.45) is 0 Å². The second kappa shape index (κ2) is 7.48. The summed E-state index contributed by atoms with van der Waals surface area (Å²) < 4.78 is 2.23. The Kier molecular flexibility index (Phi) is 4.90. The lowest BCUT2D eigenvalue weighted by Crippen LogP contribution is -2.29. The molecule has 0 aromatic carbocycles. The average Bonchev–Trinajstić information content (AvgIpc) is 3.29. The van der Waals surface area contributed by atoms with Crippen LogP contribution in [0.2, 0.25) is 0 Å². The molecule has 27 heavy (non-hydrogen) atoms. The van der Waals surface area contributed by atoms with Crippen LogP contribution in [0, 0.1) is 0 Å². The Bertz CT molecular complexity index is 907. The molecule has 0 spiro atoms. The molecule has 0 amide bonds. The molecule has 6 heteroatoms. The van der Waals surface area contributed by atoms with Crippen LogP contribution >= 0.6 is 12.2 Å². The number of hydrogen-bond donors (Lipinski definition) is 1. The summed E-state index contributed by atoms with van der Waals surface area (Å²) >= 11 is 5.70. The maximum atomic E-state index is 5.70. The number of hydrogen-bond acceptors (Lipinski definition) is 3. The van der Waals surface area contributed by atoms with E-state index in [0.29, 0.717) is 12.6 Å². The standard InChI is InChI=1S/C21H23N5S/c1-15(2)25-12-9-16(13-25)20-19(18-8-4-6-11-23-18)24-21(27)26(20)14-17-7-3-5-10-22-17/h3-13,15,19-20H,14H2,1-2H3,(H,24,27)/t19-,20+/m0/s1. The maximum Gasteiger partial charge on any atom is 0.170 e. The number of pyridine rings is 2. The van der Waals surface area contributed by atoms with Crippen LogP contribution in [-0.2, 0) is 6.54 Å². The topological polar surface area (TPSA) is 46.0 Å². The van der Waals surface area contributed by atoms with Gasteiger partial charge < -0.3 is 14.8 Å². The van der Waals surface area contributed by atoms with Gasteiger partial charge in [-0.2, -0.15) is 0 Å². The lowest BCUT2D eigenvalue weighted by molar-refractivity contribution is 0.308. The SMILES string of the molecule is CC(C)n1ccc([C@@H]2[C@H](c3ccccn3)NC(=S)N2Cc2ccccn2)c1. The van der Waals surface area contributed by atoms with E-state index >= 15 is 0 Å². The summed E-state index contributed by atoms with van der Waals surface area (Å²) in [5.41, 5.74) is 3.21. The van der Waals surface area contributed by atoms with Gasteiger partial charge in [0.15, 0.2) is 5.11 Å². The Hall–Kier alpha value is -2.73. The van der Waals surface area contributed by atoms with Gasteiger partial charge >= 0.3 is 0 Å². The molecule has 1 aliphatic heterocycles. The molecule has 2 atom stereocenters. The van der Waals surface area contributed by atoms with Crippen LogP contribution in [0.4, 0.5) is 0 Å². The molecule has 0 aliphatic carbocycles. The van der Waals surface area contributed by atoms with Crippen molar-refractivity contribution in [2.75, 3.05) is 0 Å². The number of nitrogens with one attached hydrogen (secondary N) is 1. The van der Waals surface area contributed by atoms with E-state index in [1.165, 1.54) is 5.56 Å². The fourth-order valence-electron chi connectivity index (χ4n) is 3.53. The highest BCUT2D eigenvalue weighted by Crippen LogP contribution is 2.39. The summed E-state index contributed by atoms with van der Waals surface area (Å²) in [6.07, 6.45) is 8.00. The van der Waals surface area contributed by atoms with E-state index in [1.807, 2.05) is 42.7 Å². The molecule has 1 aliphatic rings.